The fourth-order valence-corrected chi connectivity index (χ4v) is 3.28. The molecule has 1 amide bonds. The van der Waals surface area contributed by atoms with E-state index < -0.39 is 28.0 Å². The van der Waals surface area contributed by atoms with Crippen LogP contribution in [0.4, 0.5) is 0 Å². The van der Waals surface area contributed by atoms with E-state index in [-0.39, 0.29) is 24.3 Å². The molecule has 0 spiro atoms. The molecule has 0 aromatic heterocycles. The summed E-state index contributed by atoms with van der Waals surface area (Å²) in [7, 11) is -3.66. The number of sulfonamides is 1. The molecular weight excluding hydrogens is 344 g/mol. The molecule has 7 nitrogen and oxygen atoms in total. The Morgan fingerprint density at radius 1 is 1.16 bits per heavy atom. The van der Waals surface area contributed by atoms with Crippen LogP contribution in [0.25, 0.3) is 10.8 Å². The number of esters is 1. The van der Waals surface area contributed by atoms with Crippen LogP contribution in [0.15, 0.2) is 47.4 Å². The second-order valence-corrected chi connectivity index (χ2v) is 7.31. The van der Waals surface area contributed by atoms with Gasteiger partial charge in [-0.05, 0) is 36.2 Å². The zero-order chi connectivity index (χ0) is 18.4. The molecule has 2 aromatic carbocycles. The molecule has 8 heteroatoms. The molecule has 2 aromatic rings. The first-order valence-corrected chi connectivity index (χ1v) is 9.25. The Hall–Kier alpha value is -2.45. The van der Waals surface area contributed by atoms with E-state index in [0.29, 0.717) is 0 Å². The van der Waals surface area contributed by atoms with Gasteiger partial charge in [0, 0.05) is 13.0 Å². The molecule has 2 rings (SSSR count). The molecule has 0 bridgehead atoms. The quantitative estimate of drug-likeness (QED) is 0.541. The first-order valence-electron chi connectivity index (χ1n) is 7.77. The lowest BCUT2D eigenvalue weighted by molar-refractivity contribution is -0.153. The minimum atomic E-state index is -3.66. The second kappa shape index (κ2) is 8.09. The second-order valence-electron chi connectivity index (χ2n) is 5.54. The van der Waals surface area contributed by atoms with Gasteiger partial charge in [0.25, 0.3) is 5.91 Å². The molecule has 0 saturated heterocycles. The zero-order valence-corrected chi connectivity index (χ0v) is 14.6. The van der Waals surface area contributed by atoms with Gasteiger partial charge in [0.2, 0.25) is 10.0 Å². The maximum atomic E-state index is 12.3. The van der Waals surface area contributed by atoms with Gasteiger partial charge in [-0.25, -0.2) is 13.1 Å². The first-order chi connectivity index (χ1) is 11.8. The van der Waals surface area contributed by atoms with Gasteiger partial charge in [-0.3, -0.25) is 9.59 Å². The molecule has 3 N–H and O–H groups in total. The minimum Gasteiger partial charge on any atom is -0.453 e. The summed E-state index contributed by atoms with van der Waals surface area (Å²) < 4.78 is 31.8. The lowest BCUT2D eigenvalue weighted by Crippen LogP contribution is -2.31. The van der Waals surface area contributed by atoms with Crippen LogP contribution in [0.3, 0.4) is 0 Å². The molecule has 0 unspecified atom stereocenters. The lowest BCUT2D eigenvalue weighted by Gasteiger charge is -2.10. The normalized spacial score (nSPS) is 12.7. The van der Waals surface area contributed by atoms with Gasteiger partial charge in [0.15, 0.2) is 6.10 Å². The number of carbonyl (C=O) groups excluding carboxylic acids is 2. The van der Waals surface area contributed by atoms with Crippen molar-refractivity contribution in [2.24, 2.45) is 5.73 Å². The van der Waals surface area contributed by atoms with E-state index in [9.17, 15) is 18.0 Å². The van der Waals surface area contributed by atoms with Crippen molar-refractivity contribution in [1.29, 1.82) is 0 Å². The number of hydrogen-bond acceptors (Lipinski definition) is 5. The number of benzene rings is 2. The van der Waals surface area contributed by atoms with Gasteiger partial charge >= 0.3 is 5.97 Å². The Kier molecular flexibility index (Phi) is 6.11. The number of nitrogens with two attached hydrogens (primary N) is 1. The zero-order valence-electron chi connectivity index (χ0n) is 13.8. The highest BCUT2D eigenvalue weighted by atomic mass is 32.2. The molecule has 0 saturated carbocycles. The molecule has 0 radical (unpaired) electrons. The molecule has 1 atom stereocenters. The van der Waals surface area contributed by atoms with E-state index in [1.165, 1.54) is 13.0 Å². The molecule has 0 aliphatic carbocycles. The maximum absolute atomic E-state index is 12.3. The minimum absolute atomic E-state index is 0.0160. The van der Waals surface area contributed by atoms with Crippen molar-refractivity contribution in [2.45, 2.75) is 30.8 Å². The summed E-state index contributed by atoms with van der Waals surface area (Å²) in [5, 5.41) is 1.78. The van der Waals surface area contributed by atoms with Crippen LogP contribution in [-0.2, 0) is 24.3 Å². The predicted octanol–water partition coefficient (Wildman–Crippen LogP) is 1.32. The third-order valence-electron chi connectivity index (χ3n) is 3.59. The number of amides is 1. The Labute approximate surface area is 146 Å². The number of carbonyl (C=O) groups is 2. The molecule has 0 heterocycles. The number of ether oxygens (including phenoxy) is 1. The van der Waals surface area contributed by atoms with Crippen LogP contribution in [0.5, 0.6) is 0 Å². The number of hydrogen-bond donors (Lipinski definition) is 2. The van der Waals surface area contributed by atoms with E-state index in [0.717, 1.165) is 10.8 Å². The molecule has 0 fully saturated rings. The van der Waals surface area contributed by atoms with Gasteiger partial charge < -0.3 is 10.5 Å². The van der Waals surface area contributed by atoms with Gasteiger partial charge in [0.05, 0.1) is 4.90 Å². The number of fused-ring (bicyclic) bond motifs is 1. The molecule has 134 valence electrons. The van der Waals surface area contributed by atoms with E-state index in [2.05, 4.69) is 4.72 Å². The van der Waals surface area contributed by atoms with Crippen LogP contribution in [0.2, 0.25) is 0 Å². The van der Waals surface area contributed by atoms with Gasteiger partial charge in [-0.1, -0.05) is 30.3 Å². The topological polar surface area (TPSA) is 116 Å². The summed E-state index contributed by atoms with van der Waals surface area (Å²) in [5.74, 6) is -1.33. The number of primary amides is 1. The van der Waals surface area contributed by atoms with Crippen LogP contribution in [-0.4, -0.2) is 32.9 Å². The average molecular weight is 364 g/mol. The van der Waals surface area contributed by atoms with Crippen molar-refractivity contribution in [3.63, 3.8) is 0 Å². The summed E-state index contributed by atoms with van der Waals surface area (Å²) in [6, 6.07) is 12.3. The van der Waals surface area contributed by atoms with E-state index in [1.807, 2.05) is 24.3 Å². The summed E-state index contributed by atoms with van der Waals surface area (Å²) in [6.07, 6.45) is -0.767. The SMILES string of the molecule is C[C@@H](OC(=O)CCCNS(=O)(=O)c1ccc2ccccc2c1)C(N)=O. The number of nitrogens with one attached hydrogen (secondary N) is 1. The van der Waals surface area contributed by atoms with Crippen molar-refractivity contribution >= 4 is 32.7 Å². The Morgan fingerprint density at radius 2 is 1.84 bits per heavy atom. The molecule has 0 aliphatic heterocycles. The fourth-order valence-electron chi connectivity index (χ4n) is 2.17. The molecular formula is C17H20N2O5S. The highest BCUT2D eigenvalue weighted by Gasteiger charge is 2.16. The van der Waals surface area contributed by atoms with Crippen LogP contribution < -0.4 is 10.5 Å². The Morgan fingerprint density at radius 3 is 2.52 bits per heavy atom. The van der Waals surface area contributed by atoms with Crippen molar-refractivity contribution in [1.82, 2.24) is 4.72 Å². The largest absolute Gasteiger partial charge is 0.453 e. The summed E-state index contributed by atoms with van der Waals surface area (Å²) in [6.45, 7) is 1.46. The average Bonchev–Trinajstić information content (AvgIpc) is 2.58. The fraction of sp³-hybridized carbons (Fsp3) is 0.294. The van der Waals surface area contributed by atoms with Crippen LogP contribution >= 0.6 is 0 Å². The van der Waals surface area contributed by atoms with E-state index >= 15 is 0 Å². The summed E-state index contributed by atoms with van der Waals surface area (Å²) in [5.41, 5.74) is 4.99. The standard InChI is InChI=1S/C17H20N2O5S/c1-12(17(18)21)24-16(20)7-4-10-19-25(22,23)15-9-8-13-5-2-3-6-14(13)11-15/h2-3,5-6,8-9,11-12,19H,4,7,10H2,1H3,(H2,18,21)/t12-/m1/s1. The summed E-state index contributed by atoms with van der Waals surface area (Å²) >= 11 is 0. The van der Waals surface area contributed by atoms with Crippen LogP contribution in [0, 0.1) is 0 Å². The third kappa shape index (κ3) is 5.27. The van der Waals surface area contributed by atoms with Gasteiger partial charge in [0.1, 0.15) is 0 Å². The van der Waals surface area contributed by atoms with Crippen LogP contribution in [0.1, 0.15) is 19.8 Å². The summed E-state index contributed by atoms with van der Waals surface area (Å²) in [4.78, 5) is 22.5. The van der Waals surface area contributed by atoms with Gasteiger partial charge in [-0.2, -0.15) is 0 Å². The first kappa shape index (κ1) is 18.9. The van der Waals surface area contributed by atoms with Gasteiger partial charge in [-0.15, -0.1) is 0 Å². The van der Waals surface area contributed by atoms with Crippen molar-refractivity contribution < 1.29 is 22.7 Å². The lowest BCUT2D eigenvalue weighted by atomic mass is 10.1. The maximum Gasteiger partial charge on any atom is 0.306 e. The Balaban J connectivity index is 1.88. The third-order valence-corrected chi connectivity index (χ3v) is 5.05. The smallest absolute Gasteiger partial charge is 0.306 e. The molecule has 25 heavy (non-hydrogen) atoms. The Bertz CT molecular complexity index is 879. The van der Waals surface area contributed by atoms with Crippen molar-refractivity contribution in [3.8, 4) is 0 Å². The number of rotatable bonds is 8. The predicted molar refractivity (Wildman–Crippen MR) is 93.1 cm³/mol. The van der Waals surface area contributed by atoms with Crippen molar-refractivity contribution in [3.05, 3.63) is 42.5 Å². The molecule has 0 aliphatic rings. The highest BCUT2D eigenvalue weighted by molar-refractivity contribution is 7.89. The van der Waals surface area contributed by atoms with E-state index in [1.54, 1.807) is 12.1 Å². The van der Waals surface area contributed by atoms with Crippen molar-refractivity contribution in [2.75, 3.05) is 6.54 Å². The monoisotopic (exact) mass is 364 g/mol. The van der Waals surface area contributed by atoms with E-state index in [4.69, 9.17) is 10.5 Å². The highest BCUT2D eigenvalue weighted by Crippen LogP contribution is 2.18.